The Morgan fingerprint density at radius 3 is 2.00 bits per heavy atom. The highest BCUT2D eigenvalue weighted by atomic mass is 28.4. The monoisotopic (exact) mass is 346 g/mol. The van der Waals surface area contributed by atoms with Crippen molar-refractivity contribution in [3.05, 3.63) is 41.9 Å². The average Bonchev–Trinajstić information content (AvgIpc) is 2.63. The van der Waals surface area contributed by atoms with Crippen LogP contribution in [0.2, 0.25) is 13.1 Å². The molecule has 1 aliphatic heterocycles. The molecule has 1 aliphatic rings. The van der Waals surface area contributed by atoms with Gasteiger partial charge >= 0.3 is 7.12 Å². The summed E-state index contributed by atoms with van der Waals surface area (Å²) in [5, 5.41) is 1.22. The van der Waals surface area contributed by atoms with Gasteiger partial charge < -0.3 is 13.7 Å². The van der Waals surface area contributed by atoms with Crippen LogP contribution in [0.4, 0.5) is 0 Å². The van der Waals surface area contributed by atoms with E-state index in [-0.39, 0.29) is 24.4 Å². The lowest BCUT2D eigenvalue weighted by atomic mass is 9.89. The van der Waals surface area contributed by atoms with Crippen molar-refractivity contribution in [2.24, 2.45) is 0 Å². The molecular weight excluding hydrogens is 315 g/mol. The summed E-state index contributed by atoms with van der Waals surface area (Å²) < 4.78 is 18.7. The van der Waals surface area contributed by atoms with Crippen LogP contribution in [0.15, 0.2) is 36.3 Å². The fourth-order valence-corrected chi connectivity index (χ4v) is 5.71. The summed E-state index contributed by atoms with van der Waals surface area (Å²) in [5.41, 5.74) is 0.519. The van der Waals surface area contributed by atoms with Gasteiger partial charge in [-0.25, -0.2) is 0 Å². The third-order valence-corrected chi connectivity index (χ3v) is 7.65. The van der Waals surface area contributed by atoms with Crippen LogP contribution in [0.1, 0.15) is 47.1 Å². The van der Waals surface area contributed by atoms with Crippen molar-refractivity contribution in [1.29, 1.82) is 0 Å². The minimum atomic E-state index is -2.10. The molecule has 0 radical (unpaired) electrons. The van der Waals surface area contributed by atoms with Gasteiger partial charge in [-0.2, -0.15) is 0 Å². The second-order valence-electron chi connectivity index (χ2n) is 8.25. The largest absolute Gasteiger partial charge is 0.487 e. The standard InChI is InChI=1S/C19H31BO3Si/c1-15(2)21-24(7,8)17(16-12-10-9-11-13-16)14-20-22-18(3,4)19(5,6)23-20/h9-15H,1-8H3/b17-14+. The molecule has 3 nitrogen and oxygen atoms in total. The second kappa shape index (κ2) is 6.79. The van der Waals surface area contributed by atoms with Crippen molar-refractivity contribution < 1.29 is 13.7 Å². The van der Waals surface area contributed by atoms with Crippen molar-refractivity contribution in [1.82, 2.24) is 0 Å². The molecule has 1 aromatic carbocycles. The van der Waals surface area contributed by atoms with E-state index in [4.69, 9.17) is 13.7 Å². The fourth-order valence-electron chi connectivity index (χ4n) is 3.01. The molecule has 0 unspecified atom stereocenters. The Hall–Kier alpha value is -0.878. The Morgan fingerprint density at radius 1 is 1.04 bits per heavy atom. The first kappa shape index (κ1) is 19.4. The smallest absolute Gasteiger partial charge is 0.411 e. The molecule has 1 saturated heterocycles. The van der Waals surface area contributed by atoms with Crippen molar-refractivity contribution in [3.63, 3.8) is 0 Å². The lowest BCUT2D eigenvalue weighted by Crippen LogP contribution is -2.41. The van der Waals surface area contributed by atoms with Crippen molar-refractivity contribution >= 4 is 20.6 Å². The highest BCUT2D eigenvalue weighted by Crippen LogP contribution is 2.38. The topological polar surface area (TPSA) is 27.7 Å². The molecule has 0 atom stereocenters. The van der Waals surface area contributed by atoms with Gasteiger partial charge in [-0.3, -0.25) is 0 Å². The van der Waals surface area contributed by atoms with Crippen LogP contribution in [0.3, 0.4) is 0 Å². The quantitative estimate of drug-likeness (QED) is 0.712. The number of benzene rings is 1. The lowest BCUT2D eigenvalue weighted by Gasteiger charge is -2.32. The van der Waals surface area contributed by atoms with Gasteiger partial charge in [0.2, 0.25) is 8.32 Å². The van der Waals surface area contributed by atoms with Crippen LogP contribution < -0.4 is 0 Å². The van der Waals surface area contributed by atoms with Gasteiger partial charge in [-0.05, 0) is 65.4 Å². The molecular formula is C19H31BO3Si. The minimum Gasteiger partial charge on any atom is -0.411 e. The predicted octanol–water partition coefficient (Wildman–Crippen LogP) is 4.87. The van der Waals surface area contributed by atoms with Gasteiger partial charge in [-0.15, -0.1) is 0 Å². The van der Waals surface area contributed by atoms with E-state index < -0.39 is 8.32 Å². The van der Waals surface area contributed by atoms with E-state index in [2.05, 4.69) is 84.9 Å². The molecule has 24 heavy (non-hydrogen) atoms. The van der Waals surface area contributed by atoms with Crippen LogP contribution in [-0.2, 0) is 13.7 Å². The summed E-state index contributed by atoms with van der Waals surface area (Å²) in [7, 11) is -2.45. The Labute approximate surface area is 148 Å². The maximum atomic E-state index is 6.33. The highest BCUT2D eigenvalue weighted by molar-refractivity contribution is 6.91. The van der Waals surface area contributed by atoms with Crippen LogP contribution >= 0.6 is 0 Å². The van der Waals surface area contributed by atoms with E-state index in [9.17, 15) is 0 Å². The second-order valence-corrected chi connectivity index (χ2v) is 12.0. The summed E-state index contributed by atoms with van der Waals surface area (Å²) in [4.78, 5) is 0. The SMILES string of the molecule is CC(C)O[Si](C)(C)/C(=C/B1OC(C)(C)C(C)(C)O1)c1ccccc1. The van der Waals surface area contributed by atoms with E-state index in [1.54, 1.807) is 0 Å². The van der Waals surface area contributed by atoms with Gasteiger partial charge in [-0.1, -0.05) is 36.3 Å². The molecule has 0 aliphatic carbocycles. The molecule has 0 saturated carbocycles. The summed E-state index contributed by atoms with van der Waals surface area (Å²) in [6, 6.07) is 10.4. The molecule has 0 spiro atoms. The van der Waals surface area contributed by atoms with Crippen molar-refractivity contribution in [2.45, 2.75) is 71.9 Å². The zero-order chi connectivity index (χ0) is 18.2. The molecule has 0 amide bonds. The lowest BCUT2D eigenvalue weighted by molar-refractivity contribution is 0.00578. The predicted molar refractivity (Wildman–Crippen MR) is 104 cm³/mol. The molecule has 1 aromatic rings. The third-order valence-electron chi connectivity index (χ3n) is 4.84. The van der Waals surface area contributed by atoms with E-state index in [0.29, 0.717) is 0 Å². The first-order valence-corrected chi connectivity index (χ1v) is 11.7. The van der Waals surface area contributed by atoms with Crippen LogP contribution in [0, 0.1) is 0 Å². The number of hydrogen-bond donors (Lipinski definition) is 0. The van der Waals surface area contributed by atoms with Crippen LogP contribution in [0.5, 0.6) is 0 Å². The Balaban J connectivity index is 2.41. The van der Waals surface area contributed by atoms with Gasteiger partial charge in [0.1, 0.15) is 0 Å². The maximum Gasteiger partial charge on any atom is 0.487 e. The normalized spacial score (nSPS) is 20.7. The molecule has 5 heteroatoms. The third kappa shape index (κ3) is 4.20. The van der Waals surface area contributed by atoms with E-state index >= 15 is 0 Å². The average molecular weight is 346 g/mol. The van der Waals surface area contributed by atoms with Gasteiger partial charge in [0, 0.05) is 6.10 Å². The fraction of sp³-hybridized carbons (Fsp3) is 0.579. The zero-order valence-electron chi connectivity index (χ0n) is 16.3. The first-order chi connectivity index (χ1) is 10.9. The molecule has 0 aromatic heterocycles. The van der Waals surface area contributed by atoms with Gasteiger partial charge in [0.05, 0.1) is 11.2 Å². The Morgan fingerprint density at radius 2 is 1.54 bits per heavy atom. The molecule has 0 bridgehead atoms. The molecule has 2 rings (SSSR count). The Kier molecular flexibility index (Phi) is 5.50. The zero-order valence-corrected chi connectivity index (χ0v) is 17.3. The van der Waals surface area contributed by atoms with E-state index in [1.165, 1.54) is 10.8 Å². The minimum absolute atomic E-state index is 0.192. The first-order valence-electron chi connectivity index (χ1n) is 8.76. The summed E-state index contributed by atoms with van der Waals surface area (Å²) in [6.45, 7) is 17.0. The van der Waals surface area contributed by atoms with Crippen LogP contribution in [-0.4, -0.2) is 32.7 Å². The summed E-state index contributed by atoms with van der Waals surface area (Å²) in [5.74, 6) is 2.13. The Bertz CT molecular complexity index is 578. The van der Waals surface area contributed by atoms with Gasteiger partial charge in [0.15, 0.2) is 0 Å². The van der Waals surface area contributed by atoms with Crippen molar-refractivity contribution in [3.8, 4) is 0 Å². The molecule has 132 valence electrons. The van der Waals surface area contributed by atoms with Crippen LogP contribution in [0.25, 0.3) is 5.20 Å². The van der Waals surface area contributed by atoms with E-state index in [0.717, 1.165) is 0 Å². The van der Waals surface area contributed by atoms with E-state index in [1.807, 2.05) is 6.07 Å². The summed E-state index contributed by atoms with van der Waals surface area (Å²) in [6.07, 6.45) is 0.192. The summed E-state index contributed by atoms with van der Waals surface area (Å²) >= 11 is 0. The highest BCUT2D eigenvalue weighted by Gasteiger charge is 2.50. The number of hydrogen-bond acceptors (Lipinski definition) is 3. The molecule has 1 heterocycles. The van der Waals surface area contributed by atoms with Crippen molar-refractivity contribution in [2.75, 3.05) is 0 Å². The number of rotatable bonds is 5. The van der Waals surface area contributed by atoms with Gasteiger partial charge in [0.25, 0.3) is 0 Å². The molecule has 1 fully saturated rings. The molecule has 0 N–H and O–H groups in total. The maximum absolute atomic E-state index is 6.33.